The van der Waals surface area contributed by atoms with Gasteiger partial charge in [-0.1, -0.05) is 47.5 Å². The van der Waals surface area contributed by atoms with E-state index in [0.717, 1.165) is 12.0 Å². The molecule has 0 radical (unpaired) electrons. The molecule has 1 aliphatic rings. The van der Waals surface area contributed by atoms with Gasteiger partial charge in [0.05, 0.1) is 4.83 Å². The third-order valence-electron chi connectivity index (χ3n) is 3.41. The summed E-state index contributed by atoms with van der Waals surface area (Å²) in [6, 6.07) is 6.07. The monoisotopic (exact) mass is 280 g/mol. The zero-order valence-electron chi connectivity index (χ0n) is 9.79. The van der Waals surface area contributed by atoms with Gasteiger partial charge in [0.15, 0.2) is 5.78 Å². The fraction of sp³-hybridized carbons (Fsp3) is 0.500. The highest BCUT2D eigenvalue weighted by Crippen LogP contribution is 2.39. The lowest BCUT2D eigenvalue weighted by atomic mass is 9.78. The smallest absolute Gasteiger partial charge is 0.176 e. The van der Waals surface area contributed by atoms with Crippen LogP contribution in [0.4, 0.5) is 0 Å². The average Bonchev–Trinajstić information content (AvgIpc) is 2.25. The lowest BCUT2D eigenvalue weighted by Crippen LogP contribution is -2.26. The van der Waals surface area contributed by atoms with Crippen LogP contribution in [0.1, 0.15) is 53.6 Å². The summed E-state index contributed by atoms with van der Waals surface area (Å²) >= 11 is 3.51. The van der Waals surface area contributed by atoms with Crippen molar-refractivity contribution in [1.82, 2.24) is 0 Å². The van der Waals surface area contributed by atoms with Crippen LogP contribution in [0.2, 0.25) is 0 Å². The van der Waals surface area contributed by atoms with Crippen LogP contribution in [0.5, 0.6) is 0 Å². The molecular formula is C14H17BrO. The van der Waals surface area contributed by atoms with Crippen molar-refractivity contribution in [3.63, 3.8) is 0 Å². The van der Waals surface area contributed by atoms with Gasteiger partial charge in [0.2, 0.25) is 0 Å². The molecular weight excluding hydrogens is 264 g/mol. The Hall–Kier alpha value is -0.630. The zero-order valence-corrected chi connectivity index (χ0v) is 11.4. The van der Waals surface area contributed by atoms with E-state index in [2.05, 4.69) is 35.8 Å². The molecule has 2 atom stereocenters. The minimum atomic E-state index is 0.0124. The topological polar surface area (TPSA) is 17.1 Å². The van der Waals surface area contributed by atoms with Gasteiger partial charge in [0.25, 0.3) is 0 Å². The molecule has 86 valence electrons. The van der Waals surface area contributed by atoms with Crippen LogP contribution in [0.3, 0.4) is 0 Å². The second kappa shape index (κ2) is 4.70. The molecule has 0 fully saturated rings. The Labute approximate surface area is 105 Å². The summed E-state index contributed by atoms with van der Waals surface area (Å²) in [4.78, 5) is 12.1. The van der Waals surface area contributed by atoms with Crippen LogP contribution in [0.25, 0.3) is 0 Å². The van der Waals surface area contributed by atoms with Gasteiger partial charge in [-0.2, -0.15) is 0 Å². The van der Waals surface area contributed by atoms with Crippen molar-refractivity contribution in [1.29, 1.82) is 0 Å². The van der Waals surface area contributed by atoms with Crippen molar-refractivity contribution in [2.75, 3.05) is 0 Å². The van der Waals surface area contributed by atoms with Crippen LogP contribution in [-0.2, 0) is 0 Å². The Kier molecular flexibility index (Phi) is 3.48. The van der Waals surface area contributed by atoms with E-state index >= 15 is 0 Å². The molecule has 2 heteroatoms. The van der Waals surface area contributed by atoms with Gasteiger partial charge in [-0.25, -0.2) is 0 Å². The summed E-state index contributed by atoms with van der Waals surface area (Å²) in [5.41, 5.74) is 3.50. The van der Waals surface area contributed by atoms with Gasteiger partial charge in [-0.3, -0.25) is 4.79 Å². The van der Waals surface area contributed by atoms with Gasteiger partial charge in [-0.05, 0) is 36.8 Å². The molecule has 2 unspecified atom stereocenters. The number of benzene rings is 1. The van der Waals surface area contributed by atoms with E-state index in [9.17, 15) is 4.79 Å². The predicted octanol–water partition coefficient (Wildman–Crippen LogP) is 4.23. The molecule has 0 N–H and O–H groups in total. The lowest BCUT2D eigenvalue weighted by Gasteiger charge is -2.29. The van der Waals surface area contributed by atoms with Crippen LogP contribution < -0.4 is 0 Å². The van der Waals surface area contributed by atoms with Crippen molar-refractivity contribution >= 4 is 21.7 Å². The van der Waals surface area contributed by atoms with Crippen molar-refractivity contribution in [2.24, 2.45) is 0 Å². The van der Waals surface area contributed by atoms with E-state index in [4.69, 9.17) is 0 Å². The van der Waals surface area contributed by atoms with Crippen LogP contribution in [-0.4, -0.2) is 10.6 Å². The van der Waals surface area contributed by atoms with Crippen LogP contribution >= 0.6 is 15.9 Å². The fourth-order valence-electron chi connectivity index (χ4n) is 2.69. The maximum absolute atomic E-state index is 12.1. The fourth-order valence-corrected chi connectivity index (χ4v) is 3.39. The summed E-state index contributed by atoms with van der Waals surface area (Å²) in [5, 5.41) is 0. The molecule has 1 aromatic carbocycles. The molecule has 0 saturated carbocycles. The molecule has 0 heterocycles. The van der Waals surface area contributed by atoms with Gasteiger partial charge in [0, 0.05) is 5.56 Å². The largest absolute Gasteiger partial charge is 0.293 e. The first-order valence-electron chi connectivity index (χ1n) is 5.93. The SMILES string of the molecule is CCCC1CC(Br)C(=O)c2cccc(C)c21. The summed E-state index contributed by atoms with van der Waals surface area (Å²) in [6.07, 6.45) is 3.30. The minimum Gasteiger partial charge on any atom is -0.293 e. The molecule has 0 aromatic heterocycles. The number of carbonyl (C=O) groups excluding carboxylic acids is 1. The minimum absolute atomic E-state index is 0.0124. The molecule has 1 aromatic rings. The van der Waals surface area contributed by atoms with Gasteiger partial charge < -0.3 is 0 Å². The average molecular weight is 281 g/mol. The highest BCUT2D eigenvalue weighted by molar-refractivity contribution is 9.10. The molecule has 1 nitrogen and oxygen atoms in total. The normalized spacial score (nSPS) is 24.3. The standard InChI is InChI=1S/C14H17BrO/c1-3-5-10-8-12(15)14(16)11-7-4-6-9(2)13(10)11/h4,6-7,10,12H,3,5,8H2,1-2H3. The number of Topliss-reactive ketones (excluding diaryl/α,β-unsaturated/α-hetero) is 1. The highest BCUT2D eigenvalue weighted by atomic mass is 79.9. The van der Waals surface area contributed by atoms with Gasteiger partial charge in [0.1, 0.15) is 0 Å². The first-order valence-corrected chi connectivity index (χ1v) is 6.84. The summed E-state index contributed by atoms with van der Waals surface area (Å²) in [5.74, 6) is 0.800. The number of aryl methyl sites for hydroxylation is 1. The van der Waals surface area contributed by atoms with Crippen molar-refractivity contribution < 1.29 is 4.79 Å². The number of fused-ring (bicyclic) bond motifs is 1. The maximum Gasteiger partial charge on any atom is 0.176 e. The first-order chi connectivity index (χ1) is 7.65. The van der Waals surface area contributed by atoms with Crippen LogP contribution in [0, 0.1) is 6.92 Å². The molecule has 0 saturated heterocycles. The van der Waals surface area contributed by atoms with E-state index in [-0.39, 0.29) is 10.6 Å². The quantitative estimate of drug-likeness (QED) is 0.741. The summed E-state index contributed by atoms with van der Waals surface area (Å²) in [6.45, 7) is 4.32. The third-order valence-corrected chi connectivity index (χ3v) is 4.20. The van der Waals surface area contributed by atoms with Gasteiger partial charge in [-0.15, -0.1) is 0 Å². The number of hydrogen-bond acceptors (Lipinski definition) is 1. The van der Waals surface area contributed by atoms with E-state index in [1.54, 1.807) is 0 Å². The van der Waals surface area contributed by atoms with E-state index in [0.29, 0.717) is 5.92 Å². The molecule has 1 aliphatic carbocycles. The Morgan fingerprint density at radius 1 is 1.44 bits per heavy atom. The van der Waals surface area contributed by atoms with Crippen LogP contribution in [0.15, 0.2) is 18.2 Å². The summed E-state index contributed by atoms with van der Waals surface area (Å²) < 4.78 is 0. The van der Waals surface area contributed by atoms with E-state index in [1.165, 1.54) is 24.0 Å². The second-order valence-corrected chi connectivity index (χ2v) is 5.69. The molecule has 16 heavy (non-hydrogen) atoms. The molecule has 0 aliphatic heterocycles. The Balaban J connectivity index is 2.50. The van der Waals surface area contributed by atoms with E-state index < -0.39 is 0 Å². The first kappa shape index (κ1) is 11.8. The van der Waals surface area contributed by atoms with Gasteiger partial charge >= 0.3 is 0 Å². The third kappa shape index (κ3) is 1.95. The predicted molar refractivity (Wildman–Crippen MR) is 70.5 cm³/mol. The number of hydrogen-bond donors (Lipinski definition) is 0. The molecule has 2 rings (SSSR count). The Bertz CT molecular complexity index is 411. The highest BCUT2D eigenvalue weighted by Gasteiger charge is 2.32. The Morgan fingerprint density at radius 2 is 2.19 bits per heavy atom. The van der Waals surface area contributed by atoms with Crippen molar-refractivity contribution in [3.8, 4) is 0 Å². The Morgan fingerprint density at radius 3 is 2.88 bits per heavy atom. The van der Waals surface area contributed by atoms with E-state index in [1.807, 2.05) is 12.1 Å². The zero-order chi connectivity index (χ0) is 11.7. The number of ketones is 1. The van der Waals surface area contributed by atoms with Crippen molar-refractivity contribution in [3.05, 3.63) is 34.9 Å². The molecule has 0 bridgehead atoms. The van der Waals surface area contributed by atoms with Crippen molar-refractivity contribution in [2.45, 2.75) is 43.9 Å². The number of alkyl halides is 1. The maximum atomic E-state index is 12.1. The number of rotatable bonds is 2. The summed E-state index contributed by atoms with van der Waals surface area (Å²) in [7, 11) is 0. The second-order valence-electron chi connectivity index (χ2n) is 4.59. The number of halogens is 1. The molecule has 0 amide bonds. The molecule has 0 spiro atoms. The lowest BCUT2D eigenvalue weighted by molar-refractivity contribution is 0.0975. The number of carbonyl (C=O) groups is 1.